The largest absolute Gasteiger partial charge is 0.340 e. The van der Waals surface area contributed by atoms with Gasteiger partial charge in [-0.3, -0.25) is 14.6 Å². The van der Waals surface area contributed by atoms with Gasteiger partial charge in [-0.2, -0.15) is 0 Å². The lowest BCUT2D eigenvalue weighted by Gasteiger charge is -2.56. The Balaban J connectivity index is 1.27. The molecule has 4 bridgehead atoms. The van der Waals surface area contributed by atoms with Crippen LogP contribution < -0.4 is 0 Å². The normalized spacial score (nSPS) is 35.2. The van der Waals surface area contributed by atoms with Gasteiger partial charge in [0.1, 0.15) is 5.69 Å². The molecular formula is C21H28N4O2. The molecule has 0 spiro atoms. The molecule has 1 aromatic heterocycles. The van der Waals surface area contributed by atoms with Crippen LogP contribution in [0.5, 0.6) is 0 Å². The standard InChI is InChI=1S/C21H28N4O2/c26-19(18-14-22-2-3-23-18)24-4-1-5-25(7-6-24)20(27)21-11-15-8-16(12-21)10-17(9-15)13-21/h2-3,14-17H,1,4-13H2. The van der Waals surface area contributed by atoms with Crippen LogP contribution in [0.4, 0.5) is 0 Å². The van der Waals surface area contributed by atoms with Crippen molar-refractivity contribution in [3.63, 3.8) is 0 Å². The number of nitrogens with zero attached hydrogens (tertiary/aromatic N) is 4. The van der Waals surface area contributed by atoms with Gasteiger partial charge in [0, 0.05) is 38.6 Å². The summed E-state index contributed by atoms with van der Waals surface area (Å²) in [6.45, 7) is 2.69. The molecule has 2 heterocycles. The summed E-state index contributed by atoms with van der Waals surface area (Å²) in [6, 6.07) is 0. The maximum atomic E-state index is 13.6. The molecule has 5 aliphatic rings. The van der Waals surface area contributed by atoms with E-state index in [1.807, 2.05) is 4.90 Å². The van der Waals surface area contributed by atoms with Gasteiger partial charge in [-0.15, -0.1) is 0 Å². The molecule has 5 fully saturated rings. The minimum absolute atomic E-state index is 0.0767. The van der Waals surface area contributed by atoms with Gasteiger partial charge in [0.25, 0.3) is 5.91 Å². The lowest BCUT2D eigenvalue weighted by Crippen LogP contribution is -2.55. The molecule has 0 unspecified atom stereocenters. The number of hydrogen-bond acceptors (Lipinski definition) is 4. The van der Waals surface area contributed by atoms with E-state index >= 15 is 0 Å². The molecule has 2 amide bonds. The van der Waals surface area contributed by atoms with Crippen LogP contribution in [-0.2, 0) is 4.79 Å². The zero-order valence-corrected chi connectivity index (χ0v) is 15.8. The van der Waals surface area contributed by atoms with Crippen molar-refractivity contribution in [3.05, 3.63) is 24.3 Å². The summed E-state index contributed by atoms with van der Waals surface area (Å²) in [7, 11) is 0. The minimum atomic E-state index is -0.0845. The fourth-order valence-electron chi connectivity index (χ4n) is 6.60. The maximum absolute atomic E-state index is 13.6. The first-order valence-electron chi connectivity index (χ1n) is 10.5. The summed E-state index contributed by atoms with van der Waals surface area (Å²) in [5.41, 5.74) is 0.303. The number of amides is 2. The first kappa shape index (κ1) is 17.1. The van der Waals surface area contributed by atoms with Crippen molar-refractivity contribution in [2.24, 2.45) is 23.2 Å². The number of aromatic nitrogens is 2. The SMILES string of the molecule is O=C(c1cnccn1)N1CCCN(C(=O)C23CC4CC(CC(C4)C2)C3)CC1. The first-order valence-corrected chi connectivity index (χ1v) is 10.5. The van der Waals surface area contributed by atoms with Gasteiger partial charge in [0.05, 0.1) is 11.6 Å². The van der Waals surface area contributed by atoms with Gasteiger partial charge in [0.15, 0.2) is 0 Å². The van der Waals surface area contributed by atoms with Gasteiger partial charge >= 0.3 is 0 Å². The number of carbonyl (C=O) groups excluding carboxylic acids is 2. The van der Waals surface area contributed by atoms with Crippen LogP contribution in [0.2, 0.25) is 0 Å². The lowest BCUT2D eigenvalue weighted by molar-refractivity contribution is -0.157. The Hall–Kier alpha value is -1.98. The lowest BCUT2D eigenvalue weighted by atomic mass is 9.49. The highest BCUT2D eigenvalue weighted by Gasteiger charge is 2.55. The van der Waals surface area contributed by atoms with E-state index < -0.39 is 0 Å². The summed E-state index contributed by atoms with van der Waals surface area (Å²) in [6.07, 6.45) is 12.9. The summed E-state index contributed by atoms with van der Waals surface area (Å²) in [5.74, 6) is 2.65. The molecular weight excluding hydrogens is 340 g/mol. The number of hydrogen-bond donors (Lipinski definition) is 0. The Kier molecular flexibility index (Phi) is 4.17. The zero-order chi connectivity index (χ0) is 18.4. The van der Waals surface area contributed by atoms with Gasteiger partial charge in [-0.05, 0) is 62.7 Å². The summed E-state index contributed by atoms with van der Waals surface area (Å²) < 4.78 is 0. The predicted octanol–water partition coefficient (Wildman–Crippen LogP) is 2.37. The summed E-state index contributed by atoms with van der Waals surface area (Å²) >= 11 is 0. The zero-order valence-electron chi connectivity index (χ0n) is 15.8. The van der Waals surface area contributed by atoms with Crippen LogP contribution in [0.1, 0.15) is 55.4 Å². The fourth-order valence-corrected chi connectivity index (χ4v) is 6.60. The summed E-state index contributed by atoms with van der Waals surface area (Å²) in [5, 5.41) is 0. The molecule has 0 atom stereocenters. The molecule has 1 aromatic rings. The van der Waals surface area contributed by atoms with Crippen molar-refractivity contribution in [1.82, 2.24) is 19.8 Å². The van der Waals surface area contributed by atoms with Crippen LogP contribution >= 0.6 is 0 Å². The first-order chi connectivity index (χ1) is 13.1. The van der Waals surface area contributed by atoms with Crippen LogP contribution in [0, 0.1) is 23.2 Å². The monoisotopic (exact) mass is 368 g/mol. The number of rotatable bonds is 2. The van der Waals surface area contributed by atoms with E-state index in [0.29, 0.717) is 31.2 Å². The third kappa shape index (κ3) is 3.03. The molecule has 1 saturated heterocycles. The Morgan fingerprint density at radius 1 is 0.889 bits per heavy atom. The van der Waals surface area contributed by atoms with Crippen molar-refractivity contribution < 1.29 is 9.59 Å². The molecule has 4 aliphatic carbocycles. The van der Waals surface area contributed by atoms with Crippen LogP contribution in [-0.4, -0.2) is 57.8 Å². The van der Waals surface area contributed by atoms with Crippen molar-refractivity contribution in [3.8, 4) is 0 Å². The highest BCUT2D eigenvalue weighted by atomic mass is 16.2. The smallest absolute Gasteiger partial charge is 0.274 e. The van der Waals surface area contributed by atoms with Crippen molar-refractivity contribution in [1.29, 1.82) is 0 Å². The van der Waals surface area contributed by atoms with E-state index in [-0.39, 0.29) is 11.3 Å². The Labute approximate surface area is 160 Å². The molecule has 0 N–H and O–H groups in total. The van der Waals surface area contributed by atoms with Gasteiger partial charge < -0.3 is 9.80 Å². The Morgan fingerprint density at radius 3 is 2.15 bits per heavy atom. The van der Waals surface area contributed by atoms with E-state index in [1.165, 1.54) is 25.5 Å². The molecule has 0 radical (unpaired) electrons. The van der Waals surface area contributed by atoms with Crippen LogP contribution in [0.3, 0.4) is 0 Å². The topological polar surface area (TPSA) is 66.4 Å². The summed E-state index contributed by atoms with van der Waals surface area (Å²) in [4.78, 5) is 38.2. The molecule has 4 saturated carbocycles. The molecule has 6 heteroatoms. The highest BCUT2D eigenvalue weighted by molar-refractivity contribution is 5.92. The molecule has 1 aliphatic heterocycles. The third-order valence-electron chi connectivity index (χ3n) is 7.34. The number of carbonyl (C=O) groups is 2. The van der Waals surface area contributed by atoms with Gasteiger partial charge in [-0.25, -0.2) is 4.98 Å². The Morgan fingerprint density at radius 2 is 1.52 bits per heavy atom. The van der Waals surface area contributed by atoms with Crippen molar-refractivity contribution in [2.75, 3.05) is 26.2 Å². The van der Waals surface area contributed by atoms with E-state index in [1.54, 1.807) is 12.4 Å². The highest BCUT2D eigenvalue weighted by Crippen LogP contribution is 2.60. The van der Waals surface area contributed by atoms with Crippen LogP contribution in [0.15, 0.2) is 18.6 Å². The second kappa shape index (κ2) is 6.57. The van der Waals surface area contributed by atoms with Gasteiger partial charge in [-0.1, -0.05) is 0 Å². The maximum Gasteiger partial charge on any atom is 0.274 e. The average Bonchev–Trinajstić information content (AvgIpc) is 2.92. The van der Waals surface area contributed by atoms with Crippen LogP contribution in [0.25, 0.3) is 0 Å². The van der Waals surface area contributed by atoms with Crippen molar-refractivity contribution >= 4 is 11.8 Å². The molecule has 6 nitrogen and oxygen atoms in total. The van der Waals surface area contributed by atoms with Crippen molar-refractivity contribution in [2.45, 2.75) is 44.9 Å². The quantitative estimate of drug-likeness (QED) is 0.804. The fraction of sp³-hybridized carbons (Fsp3) is 0.714. The van der Waals surface area contributed by atoms with E-state index in [4.69, 9.17) is 0 Å². The second-order valence-corrected chi connectivity index (χ2v) is 9.23. The predicted molar refractivity (Wildman–Crippen MR) is 99.7 cm³/mol. The minimum Gasteiger partial charge on any atom is -0.340 e. The van der Waals surface area contributed by atoms with E-state index in [0.717, 1.165) is 50.0 Å². The second-order valence-electron chi connectivity index (χ2n) is 9.23. The van der Waals surface area contributed by atoms with Gasteiger partial charge in [0.2, 0.25) is 5.91 Å². The third-order valence-corrected chi connectivity index (χ3v) is 7.34. The van der Waals surface area contributed by atoms with E-state index in [2.05, 4.69) is 14.9 Å². The Bertz CT molecular complexity index is 700. The molecule has 6 rings (SSSR count). The molecule has 27 heavy (non-hydrogen) atoms. The average molecular weight is 368 g/mol. The molecule has 0 aromatic carbocycles. The van der Waals surface area contributed by atoms with E-state index in [9.17, 15) is 9.59 Å². The molecule has 144 valence electrons.